The number of methoxy groups -OCH3 is 1. The van der Waals surface area contributed by atoms with Gasteiger partial charge in [-0.3, -0.25) is 9.59 Å². The lowest BCUT2D eigenvalue weighted by molar-refractivity contribution is -0.144. The fourth-order valence-corrected chi connectivity index (χ4v) is 2.04. The highest BCUT2D eigenvalue weighted by molar-refractivity contribution is 5.97. The molecule has 0 spiro atoms. The third kappa shape index (κ3) is 4.45. The molecule has 4 nitrogen and oxygen atoms in total. The quantitative estimate of drug-likeness (QED) is 0.580. The summed E-state index contributed by atoms with van der Waals surface area (Å²) in [4.78, 5) is 23.6. The molecule has 2 aromatic rings. The first-order valence-electron chi connectivity index (χ1n) is 7.06. The molecule has 0 N–H and O–H groups in total. The lowest BCUT2D eigenvalue weighted by Crippen LogP contribution is -2.08. The Morgan fingerprint density at radius 1 is 0.909 bits per heavy atom. The van der Waals surface area contributed by atoms with Gasteiger partial charge in [0.05, 0.1) is 13.5 Å². The number of benzene rings is 2. The highest BCUT2D eigenvalue weighted by Crippen LogP contribution is 2.18. The predicted molar refractivity (Wildman–Crippen MR) is 82.8 cm³/mol. The molecule has 0 amide bonds. The van der Waals surface area contributed by atoms with Gasteiger partial charge in [0.15, 0.2) is 5.78 Å². The first-order chi connectivity index (χ1) is 10.7. The Morgan fingerprint density at radius 3 is 2.32 bits per heavy atom. The third-order valence-electron chi connectivity index (χ3n) is 3.23. The van der Waals surface area contributed by atoms with Gasteiger partial charge in [0.25, 0.3) is 0 Å². The Kier molecular flexibility index (Phi) is 5.72. The molecular weight excluding hydrogens is 280 g/mol. The standard InChI is InChI=1S/C18H18O4/c1-21-17-10-6-5-9-15(17)13-22-18(20)12-11-16(19)14-7-3-2-4-8-14/h2-10H,11-13H2,1H3. The van der Waals surface area contributed by atoms with E-state index >= 15 is 0 Å². The maximum absolute atomic E-state index is 11.9. The largest absolute Gasteiger partial charge is 0.496 e. The number of hydrogen-bond acceptors (Lipinski definition) is 4. The van der Waals surface area contributed by atoms with Gasteiger partial charge < -0.3 is 9.47 Å². The summed E-state index contributed by atoms with van der Waals surface area (Å²) >= 11 is 0. The summed E-state index contributed by atoms with van der Waals surface area (Å²) in [6.07, 6.45) is 0.220. The molecule has 114 valence electrons. The monoisotopic (exact) mass is 298 g/mol. The molecule has 0 aliphatic carbocycles. The second-order valence-electron chi connectivity index (χ2n) is 4.76. The van der Waals surface area contributed by atoms with Crippen LogP contribution in [-0.4, -0.2) is 18.9 Å². The predicted octanol–water partition coefficient (Wildman–Crippen LogP) is 3.40. The van der Waals surface area contributed by atoms with Crippen LogP contribution in [0.3, 0.4) is 0 Å². The van der Waals surface area contributed by atoms with Crippen molar-refractivity contribution in [3.8, 4) is 5.75 Å². The van der Waals surface area contributed by atoms with Crippen LogP contribution >= 0.6 is 0 Å². The van der Waals surface area contributed by atoms with Crippen LogP contribution in [0.15, 0.2) is 54.6 Å². The molecule has 2 aromatic carbocycles. The van der Waals surface area contributed by atoms with E-state index in [0.29, 0.717) is 11.3 Å². The van der Waals surface area contributed by atoms with Crippen LogP contribution in [0.25, 0.3) is 0 Å². The normalized spacial score (nSPS) is 10.0. The lowest BCUT2D eigenvalue weighted by atomic mass is 10.1. The van der Waals surface area contributed by atoms with Crippen molar-refractivity contribution >= 4 is 11.8 Å². The van der Waals surface area contributed by atoms with Crippen molar-refractivity contribution in [2.24, 2.45) is 0 Å². The Morgan fingerprint density at radius 2 is 1.59 bits per heavy atom. The van der Waals surface area contributed by atoms with Crippen LogP contribution in [0.5, 0.6) is 5.75 Å². The van der Waals surface area contributed by atoms with Gasteiger partial charge >= 0.3 is 5.97 Å². The van der Waals surface area contributed by atoms with Crippen molar-refractivity contribution < 1.29 is 19.1 Å². The minimum atomic E-state index is -0.393. The summed E-state index contributed by atoms with van der Waals surface area (Å²) in [5.74, 6) is 0.223. The third-order valence-corrected chi connectivity index (χ3v) is 3.23. The van der Waals surface area contributed by atoms with Gasteiger partial charge in [-0.05, 0) is 6.07 Å². The van der Waals surface area contributed by atoms with Crippen LogP contribution in [0.4, 0.5) is 0 Å². The van der Waals surface area contributed by atoms with Crippen LogP contribution in [0.1, 0.15) is 28.8 Å². The van der Waals surface area contributed by atoms with Crippen molar-refractivity contribution in [2.45, 2.75) is 19.4 Å². The van der Waals surface area contributed by atoms with E-state index in [0.717, 1.165) is 5.56 Å². The second kappa shape index (κ2) is 7.98. The molecule has 4 heteroatoms. The van der Waals surface area contributed by atoms with Crippen molar-refractivity contribution in [3.05, 3.63) is 65.7 Å². The van der Waals surface area contributed by atoms with Gasteiger partial charge in [-0.25, -0.2) is 0 Å². The number of Topliss-reactive ketones (excluding diaryl/α,β-unsaturated/α-hetero) is 1. The van der Waals surface area contributed by atoms with Gasteiger partial charge in [-0.2, -0.15) is 0 Å². The zero-order chi connectivity index (χ0) is 15.8. The molecule has 0 bridgehead atoms. The van der Waals surface area contributed by atoms with Crippen LogP contribution < -0.4 is 4.74 Å². The fourth-order valence-electron chi connectivity index (χ4n) is 2.04. The van der Waals surface area contributed by atoms with Crippen molar-refractivity contribution in [3.63, 3.8) is 0 Å². The average molecular weight is 298 g/mol. The summed E-state index contributed by atoms with van der Waals surface area (Å²) in [5, 5.41) is 0. The first kappa shape index (κ1) is 15.8. The lowest BCUT2D eigenvalue weighted by Gasteiger charge is -2.09. The molecule has 0 saturated heterocycles. The Bertz CT molecular complexity index is 635. The van der Waals surface area contributed by atoms with Crippen molar-refractivity contribution in [1.29, 1.82) is 0 Å². The number of carbonyl (C=O) groups excluding carboxylic acids is 2. The molecule has 0 radical (unpaired) electrons. The SMILES string of the molecule is COc1ccccc1COC(=O)CCC(=O)c1ccccc1. The van der Waals surface area contributed by atoms with Gasteiger partial charge in [-0.1, -0.05) is 48.5 Å². The van der Waals surface area contributed by atoms with Crippen molar-refractivity contribution in [2.75, 3.05) is 7.11 Å². The molecule has 2 rings (SSSR count). The van der Waals surface area contributed by atoms with E-state index < -0.39 is 5.97 Å². The molecule has 0 saturated carbocycles. The highest BCUT2D eigenvalue weighted by atomic mass is 16.5. The molecule has 0 unspecified atom stereocenters. The average Bonchev–Trinajstić information content (AvgIpc) is 2.58. The number of para-hydroxylation sites is 1. The molecule has 0 heterocycles. The van der Waals surface area contributed by atoms with E-state index in [1.54, 1.807) is 31.4 Å². The zero-order valence-electron chi connectivity index (χ0n) is 12.5. The van der Waals surface area contributed by atoms with E-state index in [2.05, 4.69) is 0 Å². The van der Waals surface area contributed by atoms with Crippen LogP contribution in [0.2, 0.25) is 0 Å². The maximum Gasteiger partial charge on any atom is 0.306 e. The summed E-state index contributed by atoms with van der Waals surface area (Å²) < 4.78 is 10.4. The molecular formula is C18H18O4. The molecule has 22 heavy (non-hydrogen) atoms. The van der Waals surface area contributed by atoms with Gasteiger partial charge in [0, 0.05) is 17.5 Å². The van der Waals surface area contributed by atoms with E-state index in [1.807, 2.05) is 30.3 Å². The minimum Gasteiger partial charge on any atom is -0.496 e. The number of rotatable bonds is 7. The van der Waals surface area contributed by atoms with E-state index in [9.17, 15) is 9.59 Å². The molecule has 0 aliphatic heterocycles. The summed E-state index contributed by atoms with van der Waals surface area (Å²) in [6.45, 7) is 0.141. The Balaban J connectivity index is 1.80. The minimum absolute atomic E-state index is 0.0603. The molecule has 0 aromatic heterocycles. The van der Waals surface area contributed by atoms with Crippen LogP contribution in [-0.2, 0) is 16.1 Å². The number of esters is 1. The Hall–Kier alpha value is -2.62. The fraction of sp³-hybridized carbons (Fsp3) is 0.222. The smallest absolute Gasteiger partial charge is 0.306 e. The highest BCUT2D eigenvalue weighted by Gasteiger charge is 2.11. The summed E-state index contributed by atoms with van der Waals surface area (Å²) in [6, 6.07) is 16.3. The summed E-state index contributed by atoms with van der Waals surface area (Å²) in [5.41, 5.74) is 1.41. The molecule has 0 fully saturated rings. The second-order valence-corrected chi connectivity index (χ2v) is 4.76. The zero-order valence-corrected chi connectivity index (χ0v) is 12.5. The number of hydrogen-bond donors (Lipinski definition) is 0. The van der Waals surface area contributed by atoms with Gasteiger partial charge in [0.2, 0.25) is 0 Å². The number of carbonyl (C=O) groups is 2. The Labute approximate surface area is 129 Å². The van der Waals surface area contributed by atoms with Gasteiger partial charge in [0.1, 0.15) is 12.4 Å². The molecule has 0 atom stereocenters. The maximum atomic E-state index is 11.9. The topological polar surface area (TPSA) is 52.6 Å². The van der Waals surface area contributed by atoms with Gasteiger partial charge in [-0.15, -0.1) is 0 Å². The van der Waals surface area contributed by atoms with Crippen molar-refractivity contribution in [1.82, 2.24) is 0 Å². The van der Waals surface area contributed by atoms with Crippen LogP contribution in [0, 0.1) is 0 Å². The first-order valence-corrected chi connectivity index (χ1v) is 7.06. The van der Waals surface area contributed by atoms with E-state index in [1.165, 1.54) is 0 Å². The summed E-state index contributed by atoms with van der Waals surface area (Å²) in [7, 11) is 1.57. The molecule has 0 aliphatic rings. The van der Waals surface area contributed by atoms with E-state index in [4.69, 9.17) is 9.47 Å². The number of ether oxygens (including phenoxy) is 2. The van der Waals surface area contributed by atoms with E-state index in [-0.39, 0.29) is 25.2 Å². The number of ketones is 1.